The van der Waals surface area contributed by atoms with E-state index in [-0.39, 0.29) is 30.6 Å². The van der Waals surface area contributed by atoms with Crippen molar-refractivity contribution in [2.24, 2.45) is 11.8 Å². The second kappa shape index (κ2) is 5.17. The Kier molecular flexibility index (Phi) is 3.47. The monoisotopic (exact) mass is 288 g/mol. The summed E-state index contributed by atoms with van der Waals surface area (Å²) in [6.07, 6.45) is 3.40. The molecule has 3 atom stereocenters. The van der Waals surface area contributed by atoms with Crippen LogP contribution in [-0.2, 0) is 19.1 Å². The number of hydrogen-bond donors (Lipinski definition) is 0. The third kappa shape index (κ3) is 2.33. The van der Waals surface area contributed by atoms with E-state index in [2.05, 4.69) is 13.2 Å². The predicted octanol–water partition coefficient (Wildman–Crippen LogP) is 2.70. The quantitative estimate of drug-likeness (QED) is 0.579. The Balaban J connectivity index is 1.95. The molecule has 1 aliphatic heterocycles. The summed E-state index contributed by atoms with van der Waals surface area (Å²) in [6, 6.07) is 0. The van der Waals surface area contributed by atoms with Crippen molar-refractivity contribution in [2.75, 3.05) is 6.61 Å². The minimum Gasteiger partial charge on any atom is -0.461 e. The lowest BCUT2D eigenvalue weighted by Crippen LogP contribution is -2.26. The van der Waals surface area contributed by atoms with Crippen molar-refractivity contribution in [3.05, 3.63) is 35.5 Å². The Morgan fingerprint density at radius 3 is 2.76 bits per heavy atom. The molecule has 0 unspecified atom stereocenters. The fraction of sp³-hybridized carbons (Fsp3) is 0.529. The summed E-state index contributed by atoms with van der Waals surface area (Å²) in [7, 11) is 0. The van der Waals surface area contributed by atoms with Crippen LogP contribution in [0.3, 0.4) is 0 Å². The molecule has 4 nitrogen and oxygen atoms in total. The van der Waals surface area contributed by atoms with Crippen molar-refractivity contribution in [1.82, 2.24) is 0 Å². The lowest BCUT2D eigenvalue weighted by atomic mass is 9.84. The van der Waals surface area contributed by atoms with Crippen LogP contribution in [0.2, 0.25) is 0 Å². The molecule has 0 N–H and O–H groups in total. The van der Waals surface area contributed by atoms with Crippen LogP contribution in [-0.4, -0.2) is 24.6 Å². The number of ether oxygens (including phenoxy) is 2. The summed E-state index contributed by atoms with van der Waals surface area (Å²) in [5.41, 5.74) is 3.87. The number of hydrogen-bond acceptors (Lipinski definition) is 4. The van der Waals surface area contributed by atoms with E-state index < -0.39 is 0 Å². The highest BCUT2D eigenvalue weighted by molar-refractivity contribution is 5.93. The third-order valence-electron chi connectivity index (χ3n) is 4.88. The van der Waals surface area contributed by atoms with Crippen LogP contribution in [0, 0.1) is 11.8 Å². The third-order valence-corrected chi connectivity index (χ3v) is 4.88. The van der Waals surface area contributed by atoms with E-state index in [0.717, 1.165) is 36.8 Å². The van der Waals surface area contributed by atoms with Crippen molar-refractivity contribution in [1.29, 1.82) is 0 Å². The van der Waals surface area contributed by atoms with E-state index in [9.17, 15) is 9.59 Å². The molecule has 112 valence electrons. The van der Waals surface area contributed by atoms with Crippen LogP contribution in [0.5, 0.6) is 0 Å². The van der Waals surface area contributed by atoms with Gasteiger partial charge in [-0.3, -0.25) is 4.79 Å². The SMILES string of the molecule is C=C1CC[C@H]2C(=C)CCC3=C(COC(C)=O)C(=O)O[C@@H]3[C@@H]12. The smallest absolute Gasteiger partial charge is 0.338 e. The first kappa shape index (κ1) is 14.1. The molecule has 3 aliphatic rings. The Bertz CT molecular complexity index is 569. The summed E-state index contributed by atoms with van der Waals surface area (Å²) >= 11 is 0. The van der Waals surface area contributed by atoms with Crippen LogP contribution >= 0.6 is 0 Å². The molecule has 0 aromatic rings. The number of esters is 2. The van der Waals surface area contributed by atoms with Crippen LogP contribution in [0.15, 0.2) is 35.5 Å². The van der Waals surface area contributed by atoms with Gasteiger partial charge in [0.05, 0.1) is 5.57 Å². The second-order valence-electron chi connectivity index (χ2n) is 6.10. The highest BCUT2D eigenvalue weighted by Gasteiger charge is 2.47. The van der Waals surface area contributed by atoms with E-state index >= 15 is 0 Å². The van der Waals surface area contributed by atoms with Gasteiger partial charge < -0.3 is 9.47 Å². The molecule has 0 aromatic heterocycles. The molecule has 4 heteroatoms. The van der Waals surface area contributed by atoms with Gasteiger partial charge in [-0.2, -0.15) is 0 Å². The molecule has 0 aromatic carbocycles. The van der Waals surface area contributed by atoms with E-state index in [4.69, 9.17) is 9.47 Å². The van der Waals surface area contributed by atoms with E-state index in [1.54, 1.807) is 0 Å². The lowest BCUT2D eigenvalue weighted by Gasteiger charge is -2.25. The standard InChI is InChI=1S/C17H20O4/c1-9-4-7-13-14(8-20-11(3)18)17(19)21-16(13)15-10(2)5-6-12(9)15/h12,15-16H,1-2,4-8H2,3H3/t12-,15-,16-/m0/s1. The molecule has 0 saturated heterocycles. The van der Waals surface area contributed by atoms with E-state index in [0.29, 0.717) is 11.5 Å². The van der Waals surface area contributed by atoms with Crippen LogP contribution in [0.1, 0.15) is 32.6 Å². The maximum atomic E-state index is 12.1. The summed E-state index contributed by atoms with van der Waals surface area (Å²) in [4.78, 5) is 23.1. The first-order valence-corrected chi connectivity index (χ1v) is 7.40. The van der Waals surface area contributed by atoms with Crippen molar-refractivity contribution in [2.45, 2.75) is 38.7 Å². The normalized spacial score (nSPS) is 31.7. The van der Waals surface area contributed by atoms with Crippen LogP contribution in [0.4, 0.5) is 0 Å². The van der Waals surface area contributed by atoms with Crippen molar-refractivity contribution in [3.8, 4) is 0 Å². The molecule has 0 spiro atoms. The molecule has 0 radical (unpaired) electrons. The predicted molar refractivity (Wildman–Crippen MR) is 77.3 cm³/mol. The molecule has 2 saturated carbocycles. The molecule has 3 rings (SSSR count). The van der Waals surface area contributed by atoms with Gasteiger partial charge in [-0.05, 0) is 37.2 Å². The van der Waals surface area contributed by atoms with Gasteiger partial charge in [-0.1, -0.05) is 24.3 Å². The molecule has 2 aliphatic carbocycles. The highest BCUT2D eigenvalue weighted by Crippen LogP contribution is 2.50. The topological polar surface area (TPSA) is 52.6 Å². The number of carbonyl (C=O) groups is 2. The summed E-state index contributed by atoms with van der Waals surface area (Å²) in [5, 5.41) is 0. The van der Waals surface area contributed by atoms with Crippen LogP contribution in [0.25, 0.3) is 0 Å². The summed E-state index contributed by atoms with van der Waals surface area (Å²) in [6.45, 7) is 9.72. The zero-order valence-corrected chi connectivity index (χ0v) is 12.3. The van der Waals surface area contributed by atoms with Gasteiger partial charge in [0.2, 0.25) is 0 Å². The van der Waals surface area contributed by atoms with Gasteiger partial charge in [0.25, 0.3) is 0 Å². The average Bonchev–Trinajstić information content (AvgIpc) is 2.90. The Labute approximate surface area is 124 Å². The maximum absolute atomic E-state index is 12.1. The fourth-order valence-electron chi connectivity index (χ4n) is 3.80. The lowest BCUT2D eigenvalue weighted by molar-refractivity contribution is -0.143. The van der Waals surface area contributed by atoms with Gasteiger partial charge >= 0.3 is 11.9 Å². The summed E-state index contributed by atoms with van der Waals surface area (Å²) < 4.78 is 10.6. The minimum absolute atomic E-state index is 0.0103. The van der Waals surface area contributed by atoms with E-state index in [1.165, 1.54) is 12.5 Å². The van der Waals surface area contributed by atoms with Gasteiger partial charge in [0.1, 0.15) is 12.7 Å². The Morgan fingerprint density at radius 2 is 2.05 bits per heavy atom. The fourth-order valence-corrected chi connectivity index (χ4v) is 3.80. The molecule has 0 bridgehead atoms. The second-order valence-corrected chi connectivity index (χ2v) is 6.10. The summed E-state index contributed by atoms with van der Waals surface area (Å²) in [5.74, 6) is -0.225. The van der Waals surface area contributed by atoms with Crippen molar-refractivity contribution in [3.63, 3.8) is 0 Å². The largest absolute Gasteiger partial charge is 0.461 e. The molecule has 2 fully saturated rings. The first-order valence-electron chi connectivity index (χ1n) is 7.40. The molecule has 21 heavy (non-hydrogen) atoms. The van der Waals surface area contributed by atoms with Gasteiger partial charge in [0, 0.05) is 12.8 Å². The van der Waals surface area contributed by atoms with Gasteiger partial charge in [-0.25, -0.2) is 4.79 Å². The molecule has 1 heterocycles. The zero-order valence-electron chi connectivity index (χ0n) is 12.3. The Morgan fingerprint density at radius 1 is 1.29 bits per heavy atom. The van der Waals surface area contributed by atoms with Gasteiger partial charge in [-0.15, -0.1) is 0 Å². The number of fused-ring (bicyclic) bond motifs is 3. The zero-order chi connectivity index (χ0) is 15.1. The first-order chi connectivity index (χ1) is 9.99. The highest BCUT2D eigenvalue weighted by atomic mass is 16.6. The van der Waals surface area contributed by atoms with E-state index in [1.807, 2.05) is 0 Å². The van der Waals surface area contributed by atoms with Crippen molar-refractivity contribution < 1.29 is 19.1 Å². The number of allylic oxidation sites excluding steroid dienone is 1. The average molecular weight is 288 g/mol. The maximum Gasteiger partial charge on any atom is 0.338 e. The minimum atomic E-state index is -0.388. The van der Waals surface area contributed by atoms with Gasteiger partial charge in [0.15, 0.2) is 0 Å². The molecular weight excluding hydrogens is 268 g/mol. The Hall–Kier alpha value is -1.84. The molecular formula is C17H20O4. The number of rotatable bonds is 2. The van der Waals surface area contributed by atoms with Crippen molar-refractivity contribution >= 4 is 11.9 Å². The van der Waals surface area contributed by atoms with Crippen LogP contribution < -0.4 is 0 Å². The number of carbonyl (C=O) groups excluding carboxylic acids is 2. The molecule has 0 amide bonds.